The lowest BCUT2D eigenvalue weighted by atomic mass is 10.1. The second kappa shape index (κ2) is 5.34. The van der Waals surface area contributed by atoms with Crippen LogP contribution in [0.1, 0.15) is 25.7 Å². The van der Waals surface area contributed by atoms with E-state index in [4.69, 9.17) is 14.3 Å². The first kappa shape index (κ1) is 9.96. The van der Waals surface area contributed by atoms with Gasteiger partial charge in [-0.05, 0) is 25.7 Å². The van der Waals surface area contributed by atoms with Crippen molar-refractivity contribution in [3.63, 3.8) is 0 Å². The van der Waals surface area contributed by atoms with Crippen molar-refractivity contribution < 1.29 is 14.3 Å². The van der Waals surface area contributed by atoms with Gasteiger partial charge in [0.05, 0.1) is 13.2 Å². The summed E-state index contributed by atoms with van der Waals surface area (Å²) in [7, 11) is 0. The molecule has 0 aromatic carbocycles. The first-order valence-corrected chi connectivity index (χ1v) is 5.25. The van der Waals surface area contributed by atoms with Gasteiger partial charge in [0.15, 0.2) is 6.29 Å². The van der Waals surface area contributed by atoms with E-state index in [1.807, 2.05) is 0 Å². The van der Waals surface area contributed by atoms with Crippen molar-refractivity contribution in [2.45, 2.75) is 32.0 Å². The molecule has 0 amide bonds. The zero-order valence-electron chi connectivity index (χ0n) is 8.33. The van der Waals surface area contributed by atoms with Crippen molar-refractivity contribution in [3.05, 3.63) is 11.8 Å². The summed E-state index contributed by atoms with van der Waals surface area (Å²) in [5, 5.41) is 0. The van der Waals surface area contributed by atoms with Crippen molar-refractivity contribution in [1.82, 2.24) is 5.48 Å². The van der Waals surface area contributed by atoms with E-state index in [-0.39, 0.29) is 6.29 Å². The summed E-state index contributed by atoms with van der Waals surface area (Å²) in [6.07, 6.45) is 7.06. The van der Waals surface area contributed by atoms with E-state index in [0.717, 1.165) is 19.4 Å². The van der Waals surface area contributed by atoms with Gasteiger partial charge in [-0.1, -0.05) is 6.08 Å². The van der Waals surface area contributed by atoms with E-state index in [9.17, 15) is 0 Å². The van der Waals surface area contributed by atoms with Gasteiger partial charge in [-0.3, -0.25) is 10.3 Å². The molecule has 1 fully saturated rings. The Morgan fingerprint density at radius 1 is 1.43 bits per heavy atom. The molecule has 1 aliphatic carbocycles. The molecular weight excluding hydrogens is 182 g/mol. The molecular formula is C10H17NO3. The van der Waals surface area contributed by atoms with Crippen LogP contribution in [0.5, 0.6) is 0 Å². The molecule has 1 heterocycles. The summed E-state index contributed by atoms with van der Waals surface area (Å²) in [5.74, 6) is 0. The van der Waals surface area contributed by atoms with Crippen molar-refractivity contribution >= 4 is 0 Å². The maximum absolute atomic E-state index is 5.25. The third-order valence-corrected chi connectivity index (χ3v) is 2.29. The number of ether oxygens (including phenoxy) is 2. The summed E-state index contributed by atoms with van der Waals surface area (Å²) < 4.78 is 10.1. The fourth-order valence-corrected chi connectivity index (χ4v) is 1.43. The van der Waals surface area contributed by atoms with Gasteiger partial charge < -0.3 is 9.47 Å². The number of hydrogen-bond donors (Lipinski definition) is 1. The Hall–Kier alpha value is -0.580. The third kappa shape index (κ3) is 3.65. The Labute approximate surface area is 84.2 Å². The van der Waals surface area contributed by atoms with E-state index >= 15 is 0 Å². The van der Waals surface area contributed by atoms with Gasteiger partial charge in [0.2, 0.25) is 0 Å². The minimum Gasteiger partial charge on any atom is -0.348 e. The topological polar surface area (TPSA) is 43.0 Å². The van der Waals surface area contributed by atoms with Crippen LogP contribution in [0, 0.1) is 0 Å². The van der Waals surface area contributed by atoms with Gasteiger partial charge in [-0.15, -0.1) is 0 Å². The molecule has 0 radical (unpaired) electrons. The van der Waals surface area contributed by atoms with Crippen LogP contribution in [0.4, 0.5) is 0 Å². The molecule has 2 rings (SSSR count). The summed E-state index contributed by atoms with van der Waals surface area (Å²) in [4.78, 5) is 5.25. The SMILES string of the molecule is C1=C(NOCCOC2CO2)CCCC1. The molecule has 0 spiro atoms. The largest absolute Gasteiger partial charge is 0.348 e. The first-order chi connectivity index (χ1) is 6.95. The standard InChI is InChI=1S/C10H17NO3/c1-2-4-9(5-3-1)11-14-7-6-12-10-8-13-10/h4,10-11H,1-3,5-8H2. The van der Waals surface area contributed by atoms with Gasteiger partial charge in [0, 0.05) is 5.70 Å². The molecule has 4 heteroatoms. The second-order valence-corrected chi connectivity index (χ2v) is 3.56. The quantitative estimate of drug-likeness (QED) is 0.398. The molecule has 0 saturated carbocycles. The Balaban J connectivity index is 1.46. The van der Waals surface area contributed by atoms with E-state index in [1.54, 1.807) is 0 Å². The minimum atomic E-state index is 0.0347. The number of epoxide rings is 1. The van der Waals surface area contributed by atoms with Gasteiger partial charge >= 0.3 is 0 Å². The fraction of sp³-hybridized carbons (Fsp3) is 0.800. The maximum atomic E-state index is 5.25. The highest BCUT2D eigenvalue weighted by molar-refractivity contribution is 5.00. The Bertz CT molecular complexity index is 202. The molecule has 14 heavy (non-hydrogen) atoms. The normalized spacial score (nSPS) is 25.7. The zero-order valence-corrected chi connectivity index (χ0v) is 8.33. The molecule has 1 saturated heterocycles. The Kier molecular flexibility index (Phi) is 3.80. The minimum absolute atomic E-state index is 0.0347. The van der Waals surface area contributed by atoms with E-state index < -0.39 is 0 Å². The third-order valence-electron chi connectivity index (χ3n) is 2.29. The van der Waals surface area contributed by atoms with Crippen LogP contribution >= 0.6 is 0 Å². The van der Waals surface area contributed by atoms with Crippen LogP contribution < -0.4 is 5.48 Å². The van der Waals surface area contributed by atoms with Crippen molar-refractivity contribution in [2.24, 2.45) is 0 Å². The van der Waals surface area contributed by atoms with Gasteiger partial charge in [0.1, 0.15) is 6.61 Å². The van der Waals surface area contributed by atoms with Gasteiger partial charge in [-0.25, -0.2) is 0 Å². The Morgan fingerprint density at radius 2 is 2.36 bits per heavy atom. The number of hydrogen-bond acceptors (Lipinski definition) is 4. The molecule has 1 atom stereocenters. The lowest BCUT2D eigenvalue weighted by Gasteiger charge is -2.14. The van der Waals surface area contributed by atoms with Crippen molar-refractivity contribution in [3.8, 4) is 0 Å². The molecule has 1 aliphatic heterocycles. The lowest BCUT2D eigenvalue weighted by Crippen LogP contribution is -2.19. The predicted octanol–water partition coefficient (Wildman–Crippen LogP) is 1.34. The molecule has 0 aromatic heterocycles. The van der Waals surface area contributed by atoms with Crippen LogP contribution in [0.2, 0.25) is 0 Å². The number of hydroxylamine groups is 1. The summed E-state index contributed by atoms with van der Waals surface area (Å²) in [5.41, 5.74) is 4.16. The number of allylic oxidation sites excluding steroid dienone is 2. The molecule has 4 nitrogen and oxygen atoms in total. The smallest absolute Gasteiger partial charge is 0.181 e. The Morgan fingerprint density at radius 3 is 3.07 bits per heavy atom. The van der Waals surface area contributed by atoms with Crippen molar-refractivity contribution in [2.75, 3.05) is 19.8 Å². The summed E-state index contributed by atoms with van der Waals surface area (Å²) >= 11 is 0. The lowest BCUT2D eigenvalue weighted by molar-refractivity contribution is -0.0204. The monoisotopic (exact) mass is 199 g/mol. The summed E-state index contributed by atoms with van der Waals surface area (Å²) in [6.45, 7) is 1.89. The molecule has 1 unspecified atom stereocenters. The van der Waals surface area contributed by atoms with Crippen molar-refractivity contribution in [1.29, 1.82) is 0 Å². The van der Waals surface area contributed by atoms with Crippen LogP contribution in [0.3, 0.4) is 0 Å². The second-order valence-electron chi connectivity index (χ2n) is 3.56. The number of rotatable bonds is 6. The van der Waals surface area contributed by atoms with Gasteiger partial charge in [-0.2, -0.15) is 0 Å². The predicted molar refractivity (Wildman–Crippen MR) is 51.3 cm³/mol. The van der Waals surface area contributed by atoms with Crippen LogP contribution in [0.25, 0.3) is 0 Å². The zero-order chi connectivity index (χ0) is 9.64. The van der Waals surface area contributed by atoms with Crippen LogP contribution in [-0.2, 0) is 14.3 Å². The van der Waals surface area contributed by atoms with Crippen LogP contribution in [0.15, 0.2) is 11.8 Å². The molecule has 80 valence electrons. The molecule has 0 bridgehead atoms. The van der Waals surface area contributed by atoms with Gasteiger partial charge in [0.25, 0.3) is 0 Å². The van der Waals surface area contributed by atoms with E-state index in [2.05, 4.69) is 11.6 Å². The molecule has 0 aromatic rings. The molecule has 2 aliphatic rings. The number of nitrogens with one attached hydrogen (secondary N) is 1. The fourth-order valence-electron chi connectivity index (χ4n) is 1.43. The highest BCUT2D eigenvalue weighted by Gasteiger charge is 2.22. The average molecular weight is 199 g/mol. The molecule has 1 N–H and O–H groups in total. The highest BCUT2D eigenvalue weighted by Crippen LogP contribution is 2.14. The van der Waals surface area contributed by atoms with Crippen LogP contribution in [-0.4, -0.2) is 26.1 Å². The average Bonchev–Trinajstić information content (AvgIpc) is 3.03. The highest BCUT2D eigenvalue weighted by atomic mass is 16.8. The van der Waals surface area contributed by atoms with E-state index in [0.29, 0.717) is 13.2 Å². The first-order valence-electron chi connectivity index (χ1n) is 5.25. The maximum Gasteiger partial charge on any atom is 0.181 e. The van der Waals surface area contributed by atoms with E-state index in [1.165, 1.54) is 18.5 Å². The summed E-state index contributed by atoms with van der Waals surface area (Å²) in [6, 6.07) is 0.